The predicted molar refractivity (Wildman–Crippen MR) is 80.0 cm³/mol. The molecule has 1 saturated carbocycles. The van der Waals surface area contributed by atoms with E-state index < -0.39 is 5.60 Å². The first-order valence-electron chi connectivity index (χ1n) is 7.70. The lowest BCUT2D eigenvalue weighted by Gasteiger charge is -2.22. The average molecular weight is 275 g/mol. The highest BCUT2D eigenvalue weighted by Crippen LogP contribution is 2.35. The molecule has 0 aromatic heterocycles. The van der Waals surface area contributed by atoms with Gasteiger partial charge in [-0.2, -0.15) is 0 Å². The van der Waals surface area contributed by atoms with Crippen LogP contribution in [0.3, 0.4) is 0 Å². The van der Waals surface area contributed by atoms with Gasteiger partial charge in [-0.15, -0.1) is 0 Å². The van der Waals surface area contributed by atoms with E-state index in [0.29, 0.717) is 6.54 Å². The van der Waals surface area contributed by atoms with Crippen molar-refractivity contribution in [3.63, 3.8) is 0 Å². The maximum Gasteiger partial charge on any atom is 0.123 e. The lowest BCUT2D eigenvalue weighted by Crippen LogP contribution is -2.37. The van der Waals surface area contributed by atoms with E-state index in [1.165, 1.54) is 11.1 Å². The zero-order chi connectivity index (χ0) is 14.2. The normalized spacial score (nSPS) is 22.6. The number of ether oxygens (including phenoxy) is 1. The van der Waals surface area contributed by atoms with Crippen LogP contribution in [-0.4, -0.2) is 22.9 Å². The number of rotatable bonds is 4. The lowest BCUT2D eigenvalue weighted by atomic mass is 10.00. The summed E-state index contributed by atoms with van der Waals surface area (Å²) in [6.07, 6.45) is 5.16. The van der Waals surface area contributed by atoms with Crippen molar-refractivity contribution in [2.45, 2.75) is 63.7 Å². The third-order valence-corrected chi connectivity index (χ3v) is 4.44. The molecule has 1 aliphatic carbocycles. The number of hydrogen-bond acceptors (Lipinski definition) is 3. The second kappa shape index (κ2) is 5.05. The van der Waals surface area contributed by atoms with Gasteiger partial charge in [0.2, 0.25) is 0 Å². The molecule has 20 heavy (non-hydrogen) atoms. The minimum absolute atomic E-state index is 0.0760. The molecule has 0 saturated heterocycles. The van der Waals surface area contributed by atoms with Crippen LogP contribution in [0, 0.1) is 0 Å². The topological polar surface area (TPSA) is 41.5 Å². The zero-order valence-corrected chi connectivity index (χ0v) is 12.5. The fourth-order valence-electron chi connectivity index (χ4n) is 3.42. The Morgan fingerprint density at radius 2 is 2.00 bits per heavy atom. The van der Waals surface area contributed by atoms with Gasteiger partial charge in [-0.1, -0.05) is 25.0 Å². The van der Waals surface area contributed by atoms with Gasteiger partial charge in [0.25, 0.3) is 0 Å². The van der Waals surface area contributed by atoms with Crippen LogP contribution >= 0.6 is 0 Å². The van der Waals surface area contributed by atoms with Gasteiger partial charge >= 0.3 is 0 Å². The highest BCUT2D eigenvalue weighted by Gasteiger charge is 2.31. The molecule has 2 N–H and O–H groups in total. The van der Waals surface area contributed by atoms with E-state index in [4.69, 9.17) is 4.74 Å². The summed E-state index contributed by atoms with van der Waals surface area (Å²) in [5.41, 5.74) is 2.02. The Hall–Kier alpha value is -1.06. The van der Waals surface area contributed by atoms with Crippen LogP contribution in [-0.2, 0) is 13.0 Å². The van der Waals surface area contributed by atoms with Crippen molar-refractivity contribution in [1.82, 2.24) is 5.32 Å². The van der Waals surface area contributed by atoms with Crippen molar-refractivity contribution in [3.05, 3.63) is 29.3 Å². The highest BCUT2D eigenvalue weighted by molar-refractivity contribution is 5.41. The minimum atomic E-state index is -0.470. The number of hydrogen-bond donors (Lipinski definition) is 2. The monoisotopic (exact) mass is 275 g/mol. The van der Waals surface area contributed by atoms with Crippen molar-refractivity contribution in [1.29, 1.82) is 0 Å². The molecule has 1 aromatic carbocycles. The van der Waals surface area contributed by atoms with E-state index in [1.54, 1.807) is 0 Å². The molecule has 3 rings (SSSR count). The average Bonchev–Trinajstić information content (AvgIpc) is 2.91. The van der Waals surface area contributed by atoms with E-state index in [0.717, 1.165) is 44.4 Å². The van der Waals surface area contributed by atoms with Crippen molar-refractivity contribution in [2.24, 2.45) is 0 Å². The molecule has 0 spiro atoms. The van der Waals surface area contributed by atoms with Gasteiger partial charge in [0.15, 0.2) is 0 Å². The molecule has 3 nitrogen and oxygen atoms in total. The van der Waals surface area contributed by atoms with E-state index in [2.05, 4.69) is 37.4 Å². The Labute approximate surface area is 121 Å². The third-order valence-electron chi connectivity index (χ3n) is 4.44. The van der Waals surface area contributed by atoms with E-state index in [9.17, 15) is 5.11 Å². The van der Waals surface area contributed by atoms with Crippen LogP contribution < -0.4 is 10.1 Å². The van der Waals surface area contributed by atoms with Gasteiger partial charge in [0.05, 0.1) is 5.60 Å². The molecule has 110 valence electrons. The third kappa shape index (κ3) is 2.99. The van der Waals surface area contributed by atoms with E-state index >= 15 is 0 Å². The zero-order valence-electron chi connectivity index (χ0n) is 12.5. The molecule has 0 amide bonds. The Morgan fingerprint density at radius 3 is 2.75 bits per heavy atom. The molecule has 0 unspecified atom stereocenters. The van der Waals surface area contributed by atoms with Crippen molar-refractivity contribution in [2.75, 3.05) is 6.54 Å². The van der Waals surface area contributed by atoms with Gasteiger partial charge in [0, 0.05) is 19.5 Å². The summed E-state index contributed by atoms with van der Waals surface area (Å²) >= 11 is 0. The molecule has 1 heterocycles. The second-order valence-corrected chi connectivity index (χ2v) is 7.02. The standard InChI is InChI=1S/C17H25NO2/c1-16(2)10-14-9-13(5-6-15(14)20-16)11-18-12-17(19)7-3-4-8-17/h5-6,9,18-19H,3-4,7-8,10-12H2,1-2H3. The number of fused-ring (bicyclic) bond motifs is 1. The second-order valence-electron chi connectivity index (χ2n) is 7.02. The molecular formula is C17H25NO2. The van der Waals surface area contributed by atoms with Crippen molar-refractivity contribution in [3.8, 4) is 5.75 Å². The largest absolute Gasteiger partial charge is 0.487 e. The summed E-state index contributed by atoms with van der Waals surface area (Å²) in [5.74, 6) is 1.02. The fraction of sp³-hybridized carbons (Fsp3) is 0.647. The van der Waals surface area contributed by atoms with Crippen LogP contribution in [0.4, 0.5) is 0 Å². The molecule has 1 fully saturated rings. The first-order chi connectivity index (χ1) is 9.46. The number of benzene rings is 1. The first-order valence-corrected chi connectivity index (χ1v) is 7.70. The van der Waals surface area contributed by atoms with Gasteiger partial charge in [0.1, 0.15) is 11.4 Å². The van der Waals surface area contributed by atoms with Crippen LogP contribution in [0.2, 0.25) is 0 Å². The molecule has 0 atom stereocenters. The van der Waals surface area contributed by atoms with Gasteiger partial charge < -0.3 is 15.2 Å². The smallest absolute Gasteiger partial charge is 0.123 e. The Balaban J connectivity index is 1.57. The Bertz CT molecular complexity index is 490. The highest BCUT2D eigenvalue weighted by atomic mass is 16.5. The fourth-order valence-corrected chi connectivity index (χ4v) is 3.42. The quantitative estimate of drug-likeness (QED) is 0.888. The van der Waals surface area contributed by atoms with E-state index in [1.807, 2.05) is 0 Å². The maximum atomic E-state index is 10.3. The van der Waals surface area contributed by atoms with E-state index in [-0.39, 0.29) is 5.60 Å². The Morgan fingerprint density at radius 1 is 1.25 bits per heavy atom. The summed E-state index contributed by atoms with van der Waals surface area (Å²) in [4.78, 5) is 0. The SMILES string of the molecule is CC1(C)Cc2cc(CNCC3(O)CCCC3)ccc2O1. The number of nitrogens with one attached hydrogen (secondary N) is 1. The Kier molecular flexibility index (Phi) is 3.51. The summed E-state index contributed by atoms with van der Waals surface area (Å²) in [6.45, 7) is 5.77. The van der Waals surface area contributed by atoms with Gasteiger partial charge in [-0.25, -0.2) is 0 Å². The van der Waals surface area contributed by atoms with Crippen LogP contribution in [0.15, 0.2) is 18.2 Å². The molecule has 0 bridgehead atoms. The number of aliphatic hydroxyl groups is 1. The van der Waals surface area contributed by atoms with Crippen LogP contribution in [0.5, 0.6) is 5.75 Å². The van der Waals surface area contributed by atoms with Crippen molar-refractivity contribution >= 4 is 0 Å². The van der Waals surface area contributed by atoms with Crippen LogP contribution in [0.1, 0.15) is 50.7 Å². The molecule has 1 aromatic rings. The van der Waals surface area contributed by atoms with Gasteiger partial charge in [-0.3, -0.25) is 0 Å². The van der Waals surface area contributed by atoms with Crippen molar-refractivity contribution < 1.29 is 9.84 Å². The predicted octanol–water partition coefficient (Wildman–Crippen LogP) is 2.79. The first kappa shape index (κ1) is 13.9. The summed E-state index contributed by atoms with van der Waals surface area (Å²) < 4.78 is 5.89. The maximum absolute atomic E-state index is 10.3. The summed E-state index contributed by atoms with van der Waals surface area (Å²) in [5, 5.41) is 13.7. The molecule has 3 heteroatoms. The van der Waals surface area contributed by atoms with Crippen LogP contribution in [0.25, 0.3) is 0 Å². The molecule has 2 aliphatic rings. The van der Waals surface area contributed by atoms with Gasteiger partial charge in [-0.05, 0) is 43.9 Å². The molecule has 1 aliphatic heterocycles. The lowest BCUT2D eigenvalue weighted by molar-refractivity contribution is 0.0475. The minimum Gasteiger partial charge on any atom is -0.487 e. The summed E-state index contributed by atoms with van der Waals surface area (Å²) in [6, 6.07) is 6.42. The summed E-state index contributed by atoms with van der Waals surface area (Å²) in [7, 11) is 0. The molecular weight excluding hydrogens is 250 g/mol. The molecule has 0 radical (unpaired) electrons.